The zero-order valence-electron chi connectivity index (χ0n) is 11.4. The number of aromatic nitrogens is 2. The molecule has 3 heterocycles. The summed E-state index contributed by atoms with van der Waals surface area (Å²) in [5.74, 6) is 1.15. The van der Waals surface area contributed by atoms with Crippen LogP contribution < -0.4 is 10.6 Å². The summed E-state index contributed by atoms with van der Waals surface area (Å²) in [6.45, 7) is 4.10. The molecular weight excluding hydrogens is 276 g/mol. The normalized spacial score (nSPS) is 19.7. The van der Waals surface area contributed by atoms with Gasteiger partial charge in [0, 0.05) is 18.0 Å². The Morgan fingerprint density at radius 2 is 2.40 bits per heavy atom. The van der Waals surface area contributed by atoms with E-state index in [1.165, 1.54) is 4.88 Å². The number of anilines is 2. The van der Waals surface area contributed by atoms with E-state index in [0.717, 1.165) is 29.0 Å². The number of rotatable bonds is 3. The third-order valence-electron chi connectivity index (χ3n) is 3.43. The van der Waals surface area contributed by atoms with Crippen LogP contribution in [0.4, 0.5) is 11.8 Å². The first kappa shape index (κ1) is 13.5. The maximum Gasteiger partial charge on any atom is 0.223 e. The van der Waals surface area contributed by atoms with Crippen LogP contribution in [0.3, 0.4) is 0 Å². The first-order valence-corrected chi connectivity index (χ1v) is 7.56. The van der Waals surface area contributed by atoms with Gasteiger partial charge in [0.05, 0.1) is 24.7 Å². The number of nitrogen functional groups attached to an aromatic ring is 1. The monoisotopic (exact) mass is 294 g/mol. The Morgan fingerprint density at radius 3 is 3.15 bits per heavy atom. The molecule has 0 aromatic carbocycles. The van der Waals surface area contributed by atoms with E-state index in [0.29, 0.717) is 19.1 Å². The molecule has 0 aliphatic carbocycles. The number of aliphatic hydroxyl groups excluding tert-OH is 1. The van der Waals surface area contributed by atoms with Gasteiger partial charge in [0.1, 0.15) is 10.6 Å². The van der Waals surface area contributed by atoms with Crippen molar-refractivity contribution in [2.75, 3.05) is 36.9 Å². The van der Waals surface area contributed by atoms with Crippen LogP contribution in [0.5, 0.6) is 0 Å². The summed E-state index contributed by atoms with van der Waals surface area (Å²) in [6, 6.07) is 2.14. The highest BCUT2D eigenvalue weighted by Crippen LogP contribution is 2.32. The average Bonchev–Trinajstić information content (AvgIpc) is 2.89. The smallest absolute Gasteiger partial charge is 0.223 e. The van der Waals surface area contributed by atoms with Crippen molar-refractivity contribution in [1.82, 2.24) is 9.97 Å². The molecule has 7 heteroatoms. The van der Waals surface area contributed by atoms with Gasteiger partial charge in [0.15, 0.2) is 0 Å². The number of nitrogens with two attached hydrogens (primary N) is 1. The van der Waals surface area contributed by atoms with E-state index in [-0.39, 0.29) is 12.7 Å². The highest BCUT2D eigenvalue weighted by Gasteiger charge is 2.23. The molecule has 1 saturated heterocycles. The number of hydrogen-bond acceptors (Lipinski definition) is 7. The van der Waals surface area contributed by atoms with Crippen molar-refractivity contribution in [2.24, 2.45) is 0 Å². The summed E-state index contributed by atoms with van der Waals surface area (Å²) in [4.78, 5) is 13.0. The number of morpholine rings is 1. The Kier molecular flexibility index (Phi) is 3.73. The largest absolute Gasteiger partial charge is 0.394 e. The fraction of sp³-hybridized carbons (Fsp3) is 0.538. The lowest BCUT2D eigenvalue weighted by Crippen LogP contribution is -2.44. The Morgan fingerprint density at radius 1 is 1.55 bits per heavy atom. The summed E-state index contributed by atoms with van der Waals surface area (Å²) in [6.07, 6.45) is 0.808. The maximum absolute atomic E-state index is 9.26. The molecule has 1 aliphatic heterocycles. The van der Waals surface area contributed by atoms with Crippen LogP contribution in [0.15, 0.2) is 6.07 Å². The van der Waals surface area contributed by atoms with Crippen LogP contribution in [0, 0.1) is 0 Å². The number of nitrogens with zero attached hydrogens (tertiary/aromatic N) is 3. The summed E-state index contributed by atoms with van der Waals surface area (Å²) in [5.41, 5.74) is 5.83. The van der Waals surface area contributed by atoms with Gasteiger partial charge in [-0.25, -0.2) is 4.98 Å². The SMILES string of the molecule is CCc1cc2c(N3CCOC(CO)C3)nc(N)nc2s1. The van der Waals surface area contributed by atoms with E-state index in [2.05, 4.69) is 27.9 Å². The second kappa shape index (κ2) is 5.51. The molecule has 1 atom stereocenters. The van der Waals surface area contributed by atoms with Gasteiger partial charge >= 0.3 is 0 Å². The first-order chi connectivity index (χ1) is 9.71. The number of aliphatic hydroxyl groups is 1. The molecule has 1 fully saturated rings. The Bertz CT molecular complexity index is 616. The van der Waals surface area contributed by atoms with Crippen LogP contribution in [0.1, 0.15) is 11.8 Å². The van der Waals surface area contributed by atoms with E-state index < -0.39 is 0 Å². The number of fused-ring (bicyclic) bond motifs is 1. The Labute approximate surface area is 121 Å². The van der Waals surface area contributed by atoms with E-state index in [1.807, 2.05) is 0 Å². The lowest BCUT2D eigenvalue weighted by atomic mass is 10.2. The van der Waals surface area contributed by atoms with Crippen LogP contribution in [0.2, 0.25) is 0 Å². The van der Waals surface area contributed by atoms with Crippen molar-refractivity contribution in [1.29, 1.82) is 0 Å². The predicted molar refractivity (Wildman–Crippen MR) is 80.2 cm³/mol. The number of ether oxygens (including phenoxy) is 1. The topological polar surface area (TPSA) is 84.5 Å². The van der Waals surface area contributed by atoms with Crippen molar-refractivity contribution in [3.05, 3.63) is 10.9 Å². The summed E-state index contributed by atoms with van der Waals surface area (Å²) < 4.78 is 5.48. The van der Waals surface area contributed by atoms with Crippen LogP contribution >= 0.6 is 11.3 Å². The van der Waals surface area contributed by atoms with Crippen molar-refractivity contribution in [3.63, 3.8) is 0 Å². The standard InChI is InChI=1S/C13H18N4O2S/c1-2-9-5-10-11(15-13(14)16-12(10)20-9)17-3-4-19-8(6-17)7-18/h5,8,18H,2-4,6-7H2,1H3,(H2,14,15,16). The van der Waals surface area contributed by atoms with Crippen LogP contribution in [0.25, 0.3) is 10.2 Å². The van der Waals surface area contributed by atoms with Crippen LogP contribution in [-0.4, -0.2) is 47.5 Å². The molecule has 1 aliphatic rings. The third kappa shape index (κ3) is 2.44. The van der Waals surface area contributed by atoms with Gasteiger partial charge in [-0.3, -0.25) is 0 Å². The molecule has 2 aromatic heterocycles. The molecule has 108 valence electrons. The van der Waals surface area contributed by atoms with Crippen molar-refractivity contribution >= 4 is 33.3 Å². The van der Waals surface area contributed by atoms with Gasteiger partial charge in [-0.15, -0.1) is 11.3 Å². The zero-order chi connectivity index (χ0) is 14.1. The lowest BCUT2D eigenvalue weighted by molar-refractivity contribution is 0.00344. The molecule has 0 radical (unpaired) electrons. The molecule has 20 heavy (non-hydrogen) atoms. The minimum atomic E-state index is -0.167. The Balaban J connectivity index is 2.03. The van der Waals surface area contributed by atoms with Crippen molar-refractivity contribution in [2.45, 2.75) is 19.4 Å². The van der Waals surface area contributed by atoms with E-state index in [1.54, 1.807) is 11.3 Å². The summed E-state index contributed by atoms with van der Waals surface area (Å²) >= 11 is 1.66. The molecule has 3 rings (SSSR count). The zero-order valence-corrected chi connectivity index (χ0v) is 12.2. The fourth-order valence-corrected chi connectivity index (χ4v) is 3.38. The molecule has 0 saturated carbocycles. The van der Waals surface area contributed by atoms with Gasteiger partial charge in [-0.1, -0.05) is 6.92 Å². The highest BCUT2D eigenvalue weighted by molar-refractivity contribution is 7.18. The summed E-state index contributed by atoms with van der Waals surface area (Å²) in [7, 11) is 0. The molecular formula is C13H18N4O2S. The second-order valence-electron chi connectivity index (χ2n) is 4.81. The molecule has 6 nitrogen and oxygen atoms in total. The van der Waals surface area contributed by atoms with Crippen molar-refractivity contribution in [3.8, 4) is 0 Å². The molecule has 0 amide bonds. The molecule has 0 spiro atoms. The number of aryl methyl sites for hydroxylation is 1. The molecule has 1 unspecified atom stereocenters. The third-order valence-corrected chi connectivity index (χ3v) is 4.60. The van der Waals surface area contributed by atoms with E-state index in [4.69, 9.17) is 10.5 Å². The van der Waals surface area contributed by atoms with Gasteiger partial charge in [-0.2, -0.15) is 4.98 Å². The molecule has 3 N–H and O–H groups in total. The van der Waals surface area contributed by atoms with Gasteiger partial charge in [0.25, 0.3) is 0 Å². The quantitative estimate of drug-likeness (QED) is 0.879. The minimum Gasteiger partial charge on any atom is -0.394 e. The highest BCUT2D eigenvalue weighted by atomic mass is 32.1. The second-order valence-corrected chi connectivity index (χ2v) is 5.93. The predicted octanol–water partition coefficient (Wildman–Crippen LogP) is 1.03. The van der Waals surface area contributed by atoms with Crippen LogP contribution in [-0.2, 0) is 11.2 Å². The maximum atomic E-state index is 9.26. The van der Waals surface area contributed by atoms with Gasteiger partial charge in [0.2, 0.25) is 5.95 Å². The lowest BCUT2D eigenvalue weighted by Gasteiger charge is -2.33. The molecule has 0 bridgehead atoms. The average molecular weight is 294 g/mol. The fourth-order valence-electron chi connectivity index (χ4n) is 2.41. The van der Waals surface area contributed by atoms with E-state index >= 15 is 0 Å². The minimum absolute atomic E-state index is 0.0179. The first-order valence-electron chi connectivity index (χ1n) is 6.74. The van der Waals surface area contributed by atoms with E-state index in [9.17, 15) is 5.11 Å². The van der Waals surface area contributed by atoms with Gasteiger partial charge in [-0.05, 0) is 12.5 Å². The number of thiophene rings is 1. The molecule has 2 aromatic rings. The Hall–Kier alpha value is -1.44. The van der Waals surface area contributed by atoms with Gasteiger partial charge < -0.3 is 20.5 Å². The summed E-state index contributed by atoms with van der Waals surface area (Å²) in [5, 5.41) is 10.3. The number of hydrogen-bond donors (Lipinski definition) is 2. The van der Waals surface area contributed by atoms with Crippen molar-refractivity contribution < 1.29 is 9.84 Å².